The number of nitrogens with one attached hydrogen (secondary N) is 1. The average molecular weight is 283 g/mol. The van der Waals surface area contributed by atoms with Gasteiger partial charge in [0, 0.05) is 21.8 Å². The molecule has 1 amide bonds. The van der Waals surface area contributed by atoms with E-state index in [0.717, 1.165) is 16.5 Å². The van der Waals surface area contributed by atoms with Crippen molar-refractivity contribution in [2.24, 2.45) is 5.92 Å². The third kappa shape index (κ3) is 2.21. The Morgan fingerprint density at radius 3 is 2.75 bits per heavy atom. The van der Waals surface area contributed by atoms with E-state index in [0.29, 0.717) is 23.2 Å². The van der Waals surface area contributed by atoms with Gasteiger partial charge in [0.15, 0.2) is 0 Å². The van der Waals surface area contributed by atoms with Gasteiger partial charge in [-0.25, -0.2) is 0 Å². The third-order valence-electron chi connectivity index (χ3n) is 3.08. The van der Waals surface area contributed by atoms with Gasteiger partial charge in [-0.3, -0.25) is 4.79 Å². The average Bonchev–Trinajstić information content (AvgIpc) is 2.87. The predicted molar refractivity (Wildman–Crippen MR) is 68.3 cm³/mol. The largest absolute Gasteiger partial charge is 0.398 e. The van der Waals surface area contributed by atoms with E-state index in [2.05, 4.69) is 28.2 Å². The van der Waals surface area contributed by atoms with E-state index in [1.807, 2.05) is 19.1 Å². The van der Waals surface area contributed by atoms with Gasteiger partial charge in [-0.05, 0) is 37.0 Å². The highest BCUT2D eigenvalue weighted by molar-refractivity contribution is 9.10. The lowest BCUT2D eigenvalue weighted by atomic mass is 10.1. The van der Waals surface area contributed by atoms with E-state index < -0.39 is 0 Å². The van der Waals surface area contributed by atoms with Crippen LogP contribution in [-0.4, -0.2) is 11.9 Å². The zero-order valence-corrected chi connectivity index (χ0v) is 11.0. The molecule has 2 atom stereocenters. The summed E-state index contributed by atoms with van der Waals surface area (Å²) in [6.07, 6.45) is 1.08. The first-order chi connectivity index (χ1) is 7.49. The smallest absolute Gasteiger partial charge is 0.251 e. The Morgan fingerprint density at radius 2 is 2.19 bits per heavy atom. The number of anilines is 1. The molecule has 4 heteroatoms. The maximum absolute atomic E-state index is 12.0. The molecule has 3 nitrogen and oxygen atoms in total. The first kappa shape index (κ1) is 11.5. The maximum atomic E-state index is 12.0. The molecule has 2 unspecified atom stereocenters. The van der Waals surface area contributed by atoms with Crippen LogP contribution in [0.3, 0.4) is 0 Å². The Balaban J connectivity index is 2.22. The van der Waals surface area contributed by atoms with Gasteiger partial charge < -0.3 is 11.1 Å². The van der Waals surface area contributed by atoms with Gasteiger partial charge in [0.1, 0.15) is 0 Å². The van der Waals surface area contributed by atoms with Crippen LogP contribution in [0.5, 0.6) is 0 Å². The number of hydrogen-bond acceptors (Lipinski definition) is 2. The molecule has 86 valence electrons. The fraction of sp³-hybridized carbons (Fsp3) is 0.417. The van der Waals surface area contributed by atoms with Gasteiger partial charge in [0.2, 0.25) is 0 Å². The maximum Gasteiger partial charge on any atom is 0.251 e. The first-order valence-electron chi connectivity index (χ1n) is 5.35. The summed E-state index contributed by atoms with van der Waals surface area (Å²) in [6.45, 7) is 4.00. The van der Waals surface area contributed by atoms with Crippen molar-refractivity contribution in [1.82, 2.24) is 5.32 Å². The van der Waals surface area contributed by atoms with Crippen LogP contribution < -0.4 is 11.1 Å². The minimum atomic E-state index is -0.0279. The van der Waals surface area contributed by atoms with Crippen LogP contribution in [0.1, 0.15) is 29.3 Å². The van der Waals surface area contributed by atoms with Crippen LogP contribution in [-0.2, 0) is 0 Å². The summed E-state index contributed by atoms with van der Waals surface area (Å²) in [6, 6.07) is 3.96. The number of carbonyl (C=O) groups excluding carboxylic acids is 1. The molecule has 1 aromatic carbocycles. The molecule has 1 aliphatic rings. The summed E-state index contributed by atoms with van der Waals surface area (Å²) in [4.78, 5) is 12.0. The molecule has 1 aliphatic carbocycles. The highest BCUT2D eigenvalue weighted by Gasteiger charge is 2.34. The SMILES string of the molecule is Cc1c(N)cc(Br)cc1C(=O)NC1CC1C. The second-order valence-electron chi connectivity index (χ2n) is 4.46. The lowest BCUT2D eigenvalue weighted by Gasteiger charge is -2.10. The van der Waals surface area contributed by atoms with E-state index in [1.54, 1.807) is 0 Å². The minimum Gasteiger partial charge on any atom is -0.398 e. The van der Waals surface area contributed by atoms with Crippen molar-refractivity contribution < 1.29 is 4.79 Å². The summed E-state index contributed by atoms with van der Waals surface area (Å²) in [5, 5.41) is 3.00. The Kier molecular flexibility index (Phi) is 2.93. The van der Waals surface area contributed by atoms with Crippen LogP contribution in [0, 0.1) is 12.8 Å². The van der Waals surface area contributed by atoms with Gasteiger partial charge in [-0.1, -0.05) is 22.9 Å². The molecule has 0 saturated heterocycles. The van der Waals surface area contributed by atoms with Crippen molar-refractivity contribution in [3.05, 3.63) is 27.7 Å². The Hall–Kier alpha value is -1.03. The van der Waals surface area contributed by atoms with Gasteiger partial charge >= 0.3 is 0 Å². The molecular formula is C12H15BrN2O. The van der Waals surface area contributed by atoms with Crippen LogP contribution in [0.2, 0.25) is 0 Å². The van der Waals surface area contributed by atoms with Crippen LogP contribution in [0.4, 0.5) is 5.69 Å². The molecule has 0 aromatic heterocycles. The number of halogens is 1. The van der Waals surface area contributed by atoms with Crippen molar-refractivity contribution in [3.63, 3.8) is 0 Å². The fourth-order valence-corrected chi connectivity index (χ4v) is 2.18. The lowest BCUT2D eigenvalue weighted by molar-refractivity contribution is 0.0948. The molecule has 0 radical (unpaired) electrons. The summed E-state index contributed by atoms with van der Waals surface area (Å²) in [5.41, 5.74) is 7.96. The van der Waals surface area contributed by atoms with Crippen molar-refractivity contribution in [3.8, 4) is 0 Å². The van der Waals surface area contributed by atoms with Gasteiger partial charge in [0.25, 0.3) is 5.91 Å². The van der Waals surface area contributed by atoms with E-state index in [1.165, 1.54) is 0 Å². The van der Waals surface area contributed by atoms with E-state index in [4.69, 9.17) is 5.73 Å². The number of hydrogen-bond donors (Lipinski definition) is 2. The number of benzene rings is 1. The Bertz CT molecular complexity index is 445. The molecule has 2 rings (SSSR count). The molecule has 0 bridgehead atoms. The summed E-state index contributed by atoms with van der Waals surface area (Å²) < 4.78 is 0.838. The molecular weight excluding hydrogens is 268 g/mol. The van der Waals surface area contributed by atoms with Crippen LogP contribution in [0.15, 0.2) is 16.6 Å². The van der Waals surface area contributed by atoms with E-state index >= 15 is 0 Å². The van der Waals surface area contributed by atoms with E-state index in [-0.39, 0.29) is 5.91 Å². The highest BCUT2D eigenvalue weighted by atomic mass is 79.9. The zero-order chi connectivity index (χ0) is 11.9. The van der Waals surface area contributed by atoms with Crippen molar-refractivity contribution in [1.29, 1.82) is 0 Å². The van der Waals surface area contributed by atoms with Crippen LogP contribution in [0.25, 0.3) is 0 Å². The molecule has 1 saturated carbocycles. The number of rotatable bonds is 2. The third-order valence-corrected chi connectivity index (χ3v) is 3.54. The van der Waals surface area contributed by atoms with Gasteiger partial charge in [-0.2, -0.15) is 0 Å². The van der Waals surface area contributed by atoms with Crippen molar-refractivity contribution in [2.75, 3.05) is 5.73 Å². The first-order valence-corrected chi connectivity index (χ1v) is 6.15. The summed E-state index contributed by atoms with van der Waals surface area (Å²) in [7, 11) is 0. The molecule has 0 aliphatic heterocycles. The van der Waals surface area contributed by atoms with E-state index in [9.17, 15) is 4.79 Å². The van der Waals surface area contributed by atoms with Gasteiger partial charge in [-0.15, -0.1) is 0 Å². The molecule has 16 heavy (non-hydrogen) atoms. The second kappa shape index (κ2) is 4.09. The molecule has 1 aromatic rings. The highest BCUT2D eigenvalue weighted by Crippen LogP contribution is 2.30. The Labute approximate surface area is 104 Å². The normalized spacial score (nSPS) is 22.9. The standard InChI is InChI=1S/C12H15BrN2O/c1-6-3-11(6)15-12(16)9-4-8(13)5-10(14)7(9)2/h4-6,11H,3,14H2,1-2H3,(H,15,16). The molecule has 0 heterocycles. The summed E-state index contributed by atoms with van der Waals surface area (Å²) >= 11 is 3.35. The van der Waals surface area contributed by atoms with Crippen molar-refractivity contribution >= 4 is 27.5 Å². The minimum absolute atomic E-state index is 0.0279. The zero-order valence-electron chi connectivity index (χ0n) is 9.38. The quantitative estimate of drug-likeness (QED) is 0.819. The molecule has 0 spiro atoms. The monoisotopic (exact) mass is 282 g/mol. The Morgan fingerprint density at radius 1 is 1.56 bits per heavy atom. The lowest BCUT2D eigenvalue weighted by Crippen LogP contribution is -2.27. The number of carbonyl (C=O) groups is 1. The fourth-order valence-electron chi connectivity index (χ4n) is 1.71. The number of amides is 1. The predicted octanol–water partition coefficient (Wildman–Crippen LogP) is 2.48. The van der Waals surface area contributed by atoms with Crippen molar-refractivity contribution in [2.45, 2.75) is 26.3 Å². The second-order valence-corrected chi connectivity index (χ2v) is 5.38. The molecule has 3 N–H and O–H groups in total. The number of nitrogens with two attached hydrogens (primary N) is 1. The number of nitrogen functional groups attached to an aromatic ring is 1. The van der Waals surface area contributed by atoms with Crippen LogP contribution >= 0.6 is 15.9 Å². The summed E-state index contributed by atoms with van der Waals surface area (Å²) in [5.74, 6) is 0.577. The molecule has 1 fully saturated rings. The van der Waals surface area contributed by atoms with Gasteiger partial charge in [0.05, 0.1) is 0 Å². The topological polar surface area (TPSA) is 55.1 Å².